The highest BCUT2D eigenvalue weighted by Gasteiger charge is 2.29. The zero-order valence-corrected chi connectivity index (χ0v) is 13.3. The monoisotopic (exact) mass is 333 g/mol. The number of imide groups is 1. The molecule has 0 aliphatic carbocycles. The van der Waals surface area contributed by atoms with Crippen molar-refractivity contribution in [2.24, 2.45) is 0 Å². The maximum absolute atomic E-state index is 12.0. The van der Waals surface area contributed by atoms with Gasteiger partial charge in [-0.05, 0) is 19.1 Å². The number of thioether (sulfide) groups is 1. The molecule has 23 heavy (non-hydrogen) atoms. The third kappa shape index (κ3) is 3.37. The average Bonchev–Trinajstić information content (AvgIpc) is 3.05. The van der Waals surface area contributed by atoms with Gasteiger partial charge in [0.2, 0.25) is 11.8 Å². The normalized spacial score (nSPS) is 14.7. The number of amides is 3. The lowest BCUT2D eigenvalue weighted by Crippen LogP contribution is -2.38. The SMILES string of the molecule is Cc1ccc2onc(CC(=O)NCCN3C(=O)CSC3=O)c2c1. The van der Waals surface area contributed by atoms with Crippen molar-refractivity contribution in [3.63, 3.8) is 0 Å². The van der Waals surface area contributed by atoms with Crippen molar-refractivity contribution in [2.75, 3.05) is 18.8 Å². The lowest BCUT2D eigenvalue weighted by molar-refractivity contribution is -0.125. The molecule has 1 fully saturated rings. The van der Waals surface area contributed by atoms with E-state index in [9.17, 15) is 14.4 Å². The molecule has 2 heterocycles. The van der Waals surface area contributed by atoms with Crippen LogP contribution < -0.4 is 5.32 Å². The third-order valence-corrected chi connectivity index (χ3v) is 4.38. The van der Waals surface area contributed by atoms with Gasteiger partial charge in [-0.25, -0.2) is 0 Å². The highest BCUT2D eigenvalue weighted by molar-refractivity contribution is 8.14. The fourth-order valence-corrected chi connectivity index (χ4v) is 3.10. The second-order valence-corrected chi connectivity index (χ2v) is 6.18. The molecule has 0 unspecified atom stereocenters. The number of carbonyl (C=O) groups excluding carboxylic acids is 3. The van der Waals surface area contributed by atoms with Crippen molar-refractivity contribution in [3.05, 3.63) is 29.5 Å². The van der Waals surface area contributed by atoms with Crippen LogP contribution in [0.25, 0.3) is 11.0 Å². The fraction of sp³-hybridized carbons (Fsp3) is 0.333. The number of carbonyl (C=O) groups is 3. The standard InChI is InChI=1S/C15H15N3O4S/c1-9-2-3-12-10(6-9)11(17-22-12)7-13(19)16-4-5-18-14(20)8-23-15(18)21/h2-3,6H,4-5,7-8H2,1H3,(H,16,19). The molecule has 1 aliphatic rings. The number of hydrogen-bond donors (Lipinski definition) is 1. The van der Waals surface area contributed by atoms with Crippen molar-refractivity contribution >= 4 is 39.8 Å². The molecule has 1 aromatic carbocycles. The van der Waals surface area contributed by atoms with Crippen molar-refractivity contribution in [2.45, 2.75) is 13.3 Å². The maximum Gasteiger partial charge on any atom is 0.288 e. The van der Waals surface area contributed by atoms with Crippen molar-refractivity contribution in [1.29, 1.82) is 0 Å². The van der Waals surface area contributed by atoms with Gasteiger partial charge in [-0.1, -0.05) is 28.5 Å². The molecule has 3 amide bonds. The van der Waals surface area contributed by atoms with E-state index in [1.165, 1.54) is 0 Å². The Kier molecular flexibility index (Phi) is 4.33. The predicted molar refractivity (Wildman–Crippen MR) is 85.0 cm³/mol. The van der Waals surface area contributed by atoms with Gasteiger partial charge < -0.3 is 9.84 Å². The molecule has 0 bridgehead atoms. The Morgan fingerprint density at radius 2 is 2.26 bits per heavy atom. The number of hydrogen-bond acceptors (Lipinski definition) is 6. The van der Waals surface area contributed by atoms with Crippen LogP contribution in [0.1, 0.15) is 11.3 Å². The zero-order chi connectivity index (χ0) is 16.4. The maximum atomic E-state index is 12.0. The number of benzene rings is 1. The smallest absolute Gasteiger partial charge is 0.288 e. The average molecular weight is 333 g/mol. The summed E-state index contributed by atoms with van der Waals surface area (Å²) in [7, 11) is 0. The van der Waals surface area contributed by atoms with Crippen LogP contribution in [0.2, 0.25) is 0 Å². The lowest BCUT2D eigenvalue weighted by Gasteiger charge is -2.12. The van der Waals surface area contributed by atoms with E-state index in [2.05, 4.69) is 10.5 Å². The highest BCUT2D eigenvalue weighted by Crippen LogP contribution is 2.20. The minimum atomic E-state index is -0.262. The van der Waals surface area contributed by atoms with E-state index < -0.39 is 0 Å². The van der Waals surface area contributed by atoms with E-state index >= 15 is 0 Å². The van der Waals surface area contributed by atoms with Crippen LogP contribution in [0.3, 0.4) is 0 Å². The molecule has 1 aromatic heterocycles. The molecule has 120 valence electrons. The largest absolute Gasteiger partial charge is 0.356 e. The molecule has 7 nitrogen and oxygen atoms in total. The first-order valence-electron chi connectivity index (χ1n) is 7.13. The second-order valence-electron chi connectivity index (χ2n) is 5.26. The van der Waals surface area contributed by atoms with Gasteiger partial charge in [0.1, 0.15) is 5.69 Å². The lowest BCUT2D eigenvalue weighted by atomic mass is 10.1. The zero-order valence-electron chi connectivity index (χ0n) is 12.5. The van der Waals surface area contributed by atoms with Gasteiger partial charge in [0.15, 0.2) is 5.58 Å². The first kappa shape index (κ1) is 15.5. The molecular weight excluding hydrogens is 318 g/mol. The predicted octanol–water partition coefficient (Wildman–Crippen LogP) is 1.49. The molecule has 8 heteroatoms. The first-order valence-corrected chi connectivity index (χ1v) is 8.12. The van der Waals surface area contributed by atoms with E-state index in [1.807, 2.05) is 25.1 Å². The molecule has 1 aliphatic heterocycles. The molecule has 3 rings (SSSR count). The van der Waals surface area contributed by atoms with Crippen LogP contribution in [0, 0.1) is 6.92 Å². The summed E-state index contributed by atoms with van der Waals surface area (Å²) in [6.45, 7) is 2.37. The van der Waals surface area contributed by atoms with E-state index in [-0.39, 0.29) is 42.3 Å². The summed E-state index contributed by atoms with van der Waals surface area (Å²) in [4.78, 5) is 36.0. The highest BCUT2D eigenvalue weighted by atomic mass is 32.2. The van der Waals surface area contributed by atoms with Gasteiger partial charge in [-0.3, -0.25) is 19.3 Å². The van der Waals surface area contributed by atoms with E-state index in [1.54, 1.807) is 0 Å². The molecule has 1 saturated heterocycles. The van der Waals surface area contributed by atoms with E-state index in [0.29, 0.717) is 11.3 Å². The van der Waals surface area contributed by atoms with Crippen molar-refractivity contribution in [3.8, 4) is 0 Å². The summed E-state index contributed by atoms with van der Waals surface area (Å²) < 4.78 is 5.19. The van der Waals surface area contributed by atoms with Crippen LogP contribution in [-0.4, -0.2) is 46.0 Å². The molecule has 1 N–H and O–H groups in total. The van der Waals surface area contributed by atoms with Gasteiger partial charge in [0.25, 0.3) is 5.24 Å². The van der Waals surface area contributed by atoms with Crippen molar-refractivity contribution in [1.82, 2.24) is 15.4 Å². The number of nitrogens with one attached hydrogen (secondary N) is 1. The Morgan fingerprint density at radius 3 is 3.00 bits per heavy atom. The van der Waals surface area contributed by atoms with Gasteiger partial charge >= 0.3 is 0 Å². The Labute approximate surface area is 136 Å². The Hall–Kier alpha value is -2.35. The molecule has 0 spiro atoms. The van der Waals surface area contributed by atoms with Gasteiger partial charge in [0.05, 0.1) is 12.2 Å². The minimum absolute atomic E-state index is 0.0904. The first-order chi connectivity index (χ1) is 11.0. The molecule has 0 atom stereocenters. The number of fused-ring (bicyclic) bond motifs is 1. The molecule has 0 saturated carbocycles. The summed E-state index contributed by atoms with van der Waals surface area (Å²) in [6.07, 6.45) is 0.0904. The fourth-order valence-electron chi connectivity index (χ4n) is 2.35. The Balaban J connectivity index is 1.55. The molecule has 0 radical (unpaired) electrons. The summed E-state index contributed by atoms with van der Waals surface area (Å²) in [5.41, 5.74) is 2.28. The topological polar surface area (TPSA) is 92.5 Å². The second kappa shape index (κ2) is 6.41. The van der Waals surface area contributed by atoms with Crippen LogP contribution >= 0.6 is 11.8 Å². The number of nitrogens with zero attached hydrogens (tertiary/aromatic N) is 2. The molecule has 2 aromatic rings. The summed E-state index contributed by atoms with van der Waals surface area (Å²) >= 11 is 0.981. The Bertz CT molecular complexity index is 770. The minimum Gasteiger partial charge on any atom is -0.356 e. The van der Waals surface area contributed by atoms with Crippen LogP contribution in [0.5, 0.6) is 0 Å². The van der Waals surface area contributed by atoms with Crippen LogP contribution in [-0.2, 0) is 16.0 Å². The van der Waals surface area contributed by atoms with Crippen LogP contribution in [0.4, 0.5) is 4.79 Å². The quantitative estimate of drug-likeness (QED) is 0.891. The summed E-state index contributed by atoms with van der Waals surface area (Å²) in [6, 6.07) is 5.66. The van der Waals surface area contributed by atoms with E-state index in [4.69, 9.17) is 4.52 Å². The van der Waals surface area contributed by atoms with Gasteiger partial charge in [0, 0.05) is 18.5 Å². The van der Waals surface area contributed by atoms with Crippen molar-refractivity contribution < 1.29 is 18.9 Å². The molecular formula is C15H15N3O4S. The number of rotatable bonds is 5. The summed E-state index contributed by atoms with van der Waals surface area (Å²) in [5, 5.41) is 7.18. The number of aromatic nitrogens is 1. The van der Waals surface area contributed by atoms with E-state index in [0.717, 1.165) is 27.6 Å². The third-order valence-electron chi connectivity index (χ3n) is 3.53. The van der Waals surface area contributed by atoms with Gasteiger partial charge in [-0.2, -0.15) is 0 Å². The van der Waals surface area contributed by atoms with Gasteiger partial charge in [-0.15, -0.1) is 0 Å². The Morgan fingerprint density at radius 1 is 1.43 bits per heavy atom. The number of aryl methyl sites for hydroxylation is 1. The van der Waals surface area contributed by atoms with Crippen LogP contribution in [0.15, 0.2) is 22.7 Å². The summed E-state index contributed by atoms with van der Waals surface area (Å²) in [5.74, 6) is -0.266.